The predicted molar refractivity (Wildman–Crippen MR) is 100 cm³/mol. The van der Waals surface area contributed by atoms with Gasteiger partial charge < -0.3 is 10.2 Å². The Bertz CT molecular complexity index is 1140. The number of pyridine rings is 1. The van der Waals surface area contributed by atoms with E-state index in [1.54, 1.807) is 30.0 Å². The van der Waals surface area contributed by atoms with Gasteiger partial charge in [0, 0.05) is 51.7 Å². The Hall–Kier alpha value is -3.36. The van der Waals surface area contributed by atoms with Crippen molar-refractivity contribution in [1.82, 2.24) is 24.1 Å². The van der Waals surface area contributed by atoms with Crippen LogP contribution >= 0.6 is 0 Å². The van der Waals surface area contributed by atoms with E-state index in [1.165, 1.54) is 17.7 Å². The van der Waals surface area contributed by atoms with Crippen LogP contribution in [0.25, 0.3) is 5.52 Å². The van der Waals surface area contributed by atoms with Crippen LogP contribution in [-0.4, -0.2) is 43.8 Å². The standard InChI is InChI=1S/C18H20N6O3/c1-21-15(9-16(25)22(2)18(21)27)23-8-6-13(11-23)20-17(26)12-3-4-14-5-7-19-24(14)10-12/h3-5,7,9-10,13H,6,8,11H2,1-2H3,(H,20,26)/t13-/m1/s1. The van der Waals surface area contributed by atoms with Crippen molar-refractivity contribution in [3.8, 4) is 0 Å². The molecule has 0 aliphatic carbocycles. The zero-order valence-electron chi connectivity index (χ0n) is 15.1. The Morgan fingerprint density at radius 1 is 1.19 bits per heavy atom. The van der Waals surface area contributed by atoms with Gasteiger partial charge in [-0.15, -0.1) is 0 Å². The van der Waals surface area contributed by atoms with Crippen molar-refractivity contribution in [3.63, 3.8) is 0 Å². The topological polar surface area (TPSA) is 93.6 Å². The molecule has 140 valence electrons. The number of aromatic nitrogens is 4. The van der Waals surface area contributed by atoms with Crippen molar-refractivity contribution in [2.24, 2.45) is 14.1 Å². The van der Waals surface area contributed by atoms with Crippen molar-refractivity contribution in [3.05, 3.63) is 63.1 Å². The quantitative estimate of drug-likeness (QED) is 0.688. The van der Waals surface area contributed by atoms with Crippen molar-refractivity contribution < 1.29 is 4.79 Å². The molecule has 0 saturated carbocycles. The molecule has 0 bridgehead atoms. The van der Waals surface area contributed by atoms with Gasteiger partial charge in [-0.05, 0) is 24.6 Å². The number of hydrogen-bond donors (Lipinski definition) is 1. The number of carbonyl (C=O) groups excluding carboxylic acids is 1. The maximum Gasteiger partial charge on any atom is 0.332 e. The van der Waals surface area contributed by atoms with E-state index in [9.17, 15) is 14.4 Å². The van der Waals surface area contributed by atoms with Crippen molar-refractivity contribution in [2.45, 2.75) is 12.5 Å². The first-order valence-electron chi connectivity index (χ1n) is 8.70. The Morgan fingerprint density at radius 2 is 2.00 bits per heavy atom. The summed E-state index contributed by atoms with van der Waals surface area (Å²) in [5, 5.41) is 7.16. The summed E-state index contributed by atoms with van der Waals surface area (Å²) >= 11 is 0. The van der Waals surface area contributed by atoms with Crippen molar-refractivity contribution in [2.75, 3.05) is 18.0 Å². The van der Waals surface area contributed by atoms with Crippen LogP contribution in [0.1, 0.15) is 16.8 Å². The normalized spacial score (nSPS) is 16.8. The van der Waals surface area contributed by atoms with E-state index < -0.39 is 0 Å². The van der Waals surface area contributed by atoms with Crippen LogP contribution in [0.4, 0.5) is 5.82 Å². The SMILES string of the molecule is Cn1c(N2CC[C@@H](NC(=O)c3ccc4ccnn4c3)C2)cc(=O)n(C)c1=O. The highest BCUT2D eigenvalue weighted by atomic mass is 16.2. The van der Waals surface area contributed by atoms with Gasteiger partial charge >= 0.3 is 5.69 Å². The van der Waals surface area contributed by atoms with Crippen LogP contribution in [-0.2, 0) is 14.1 Å². The molecule has 1 atom stereocenters. The summed E-state index contributed by atoms with van der Waals surface area (Å²) < 4.78 is 4.19. The number of amides is 1. The molecule has 27 heavy (non-hydrogen) atoms. The molecule has 1 aliphatic rings. The summed E-state index contributed by atoms with van der Waals surface area (Å²) in [6, 6.07) is 6.87. The Morgan fingerprint density at radius 3 is 2.81 bits per heavy atom. The van der Waals surface area contributed by atoms with E-state index in [0.29, 0.717) is 24.5 Å². The van der Waals surface area contributed by atoms with Gasteiger partial charge in [0.2, 0.25) is 0 Å². The molecule has 9 heteroatoms. The van der Waals surface area contributed by atoms with Crippen LogP contribution in [0.5, 0.6) is 0 Å². The van der Waals surface area contributed by atoms with Crippen LogP contribution in [0.15, 0.2) is 46.2 Å². The van der Waals surface area contributed by atoms with Gasteiger partial charge in [-0.25, -0.2) is 9.31 Å². The molecule has 1 amide bonds. The first kappa shape index (κ1) is 17.1. The second kappa shape index (κ2) is 6.42. The van der Waals surface area contributed by atoms with Crippen LogP contribution < -0.4 is 21.5 Å². The third-order valence-corrected chi connectivity index (χ3v) is 5.01. The van der Waals surface area contributed by atoms with Gasteiger partial charge in [-0.2, -0.15) is 5.10 Å². The van der Waals surface area contributed by atoms with E-state index in [-0.39, 0.29) is 23.2 Å². The third-order valence-electron chi connectivity index (χ3n) is 5.01. The van der Waals surface area contributed by atoms with Gasteiger partial charge in [0.05, 0.1) is 11.1 Å². The fourth-order valence-corrected chi connectivity index (χ4v) is 3.43. The van der Waals surface area contributed by atoms with E-state index in [1.807, 2.05) is 17.0 Å². The maximum absolute atomic E-state index is 12.5. The van der Waals surface area contributed by atoms with E-state index in [4.69, 9.17) is 0 Å². The maximum atomic E-state index is 12.5. The Labute approximate surface area is 154 Å². The van der Waals surface area contributed by atoms with Gasteiger partial charge in [-0.3, -0.25) is 18.7 Å². The smallest absolute Gasteiger partial charge is 0.332 e. The van der Waals surface area contributed by atoms with E-state index in [2.05, 4.69) is 10.4 Å². The third kappa shape index (κ3) is 3.01. The van der Waals surface area contributed by atoms with Gasteiger partial charge in [-0.1, -0.05) is 0 Å². The highest BCUT2D eigenvalue weighted by molar-refractivity contribution is 5.94. The lowest BCUT2D eigenvalue weighted by molar-refractivity contribution is 0.0940. The molecule has 1 aliphatic heterocycles. The van der Waals surface area contributed by atoms with Gasteiger partial charge in [0.25, 0.3) is 11.5 Å². The van der Waals surface area contributed by atoms with Crippen LogP contribution in [0.3, 0.4) is 0 Å². The molecule has 4 heterocycles. The molecule has 1 N–H and O–H groups in total. The van der Waals surface area contributed by atoms with Crippen LogP contribution in [0.2, 0.25) is 0 Å². The average molecular weight is 368 g/mol. The molecule has 0 spiro atoms. The number of hydrogen-bond acceptors (Lipinski definition) is 5. The minimum Gasteiger partial charge on any atom is -0.356 e. The summed E-state index contributed by atoms with van der Waals surface area (Å²) in [7, 11) is 3.10. The molecule has 4 rings (SSSR count). The number of anilines is 1. The number of nitrogens with one attached hydrogen (secondary N) is 1. The first-order chi connectivity index (χ1) is 12.9. The summed E-state index contributed by atoms with van der Waals surface area (Å²) in [6.45, 7) is 1.19. The molecule has 0 unspecified atom stereocenters. The highest BCUT2D eigenvalue weighted by Crippen LogP contribution is 2.17. The largest absolute Gasteiger partial charge is 0.356 e. The minimum atomic E-state index is -0.363. The minimum absolute atomic E-state index is 0.0648. The molecule has 9 nitrogen and oxygen atoms in total. The number of carbonyl (C=O) groups is 1. The number of rotatable bonds is 3. The number of fused-ring (bicyclic) bond motifs is 1. The first-order valence-corrected chi connectivity index (χ1v) is 8.70. The lowest BCUT2D eigenvalue weighted by Gasteiger charge is -2.21. The second-order valence-electron chi connectivity index (χ2n) is 6.76. The van der Waals surface area contributed by atoms with Gasteiger partial charge in [0.1, 0.15) is 5.82 Å². The van der Waals surface area contributed by atoms with Gasteiger partial charge in [0.15, 0.2) is 0 Å². The zero-order valence-corrected chi connectivity index (χ0v) is 15.1. The lowest BCUT2D eigenvalue weighted by atomic mass is 10.2. The monoisotopic (exact) mass is 368 g/mol. The fourth-order valence-electron chi connectivity index (χ4n) is 3.43. The zero-order chi connectivity index (χ0) is 19.1. The average Bonchev–Trinajstić information content (AvgIpc) is 3.31. The summed E-state index contributed by atoms with van der Waals surface area (Å²) in [5.41, 5.74) is 0.751. The molecule has 0 radical (unpaired) electrons. The molecule has 1 saturated heterocycles. The molecular formula is C18H20N6O3. The van der Waals surface area contributed by atoms with E-state index >= 15 is 0 Å². The van der Waals surface area contributed by atoms with Crippen LogP contribution in [0, 0.1) is 0 Å². The molecule has 3 aromatic rings. The molecular weight excluding hydrogens is 348 g/mol. The fraction of sp³-hybridized carbons (Fsp3) is 0.333. The lowest BCUT2D eigenvalue weighted by Crippen LogP contribution is -2.41. The van der Waals surface area contributed by atoms with E-state index in [0.717, 1.165) is 16.5 Å². The molecule has 0 aromatic carbocycles. The summed E-state index contributed by atoms with van der Waals surface area (Å²) in [6.07, 6.45) is 4.11. The molecule has 3 aromatic heterocycles. The summed E-state index contributed by atoms with van der Waals surface area (Å²) in [4.78, 5) is 38.6. The second-order valence-corrected chi connectivity index (χ2v) is 6.76. The highest BCUT2D eigenvalue weighted by Gasteiger charge is 2.26. The van der Waals surface area contributed by atoms with Crippen molar-refractivity contribution in [1.29, 1.82) is 0 Å². The Balaban J connectivity index is 1.49. The summed E-state index contributed by atoms with van der Waals surface area (Å²) in [5.74, 6) is 0.398. The number of nitrogens with zero attached hydrogens (tertiary/aromatic N) is 5. The Kier molecular flexibility index (Phi) is 4.06. The van der Waals surface area contributed by atoms with Crippen molar-refractivity contribution >= 4 is 17.2 Å². The molecule has 1 fully saturated rings. The predicted octanol–water partition coefficient (Wildman–Crippen LogP) is -0.260.